The second kappa shape index (κ2) is 7.11. The van der Waals surface area contributed by atoms with Crippen molar-refractivity contribution < 1.29 is 19.4 Å². The van der Waals surface area contributed by atoms with E-state index in [0.717, 1.165) is 12.8 Å². The number of hydrogen-bond acceptors (Lipinski definition) is 4. The van der Waals surface area contributed by atoms with Crippen molar-refractivity contribution in [1.29, 1.82) is 0 Å². The topological polar surface area (TPSA) is 67.8 Å². The van der Waals surface area contributed by atoms with Crippen LogP contribution in [0.4, 0.5) is 0 Å². The molecule has 1 aliphatic carbocycles. The average Bonchev–Trinajstić information content (AvgIpc) is 2.47. The minimum atomic E-state index is -0.236. The lowest BCUT2D eigenvalue weighted by Gasteiger charge is -2.34. The Kier molecular flexibility index (Phi) is 5.20. The van der Waals surface area contributed by atoms with Gasteiger partial charge in [-0.15, -0.1) is 0 Å². The number of nitrogens with one attached hydrogen (secondary N) is 1. The van der Waals surface area contributed by atoms with E-state index in [4.69, 9.17) is 14.6 Å². The first kappa shape index (κ1) is 15.4. The molecule has 0 unspecified atom stereocenters. The number of benzene rings is 1. The molecule has 112 valence electrons. The van der Waals surface area contributed by atoms with Gasteiger partial charge in [-0.25, -0.2) is 0 Å². The highest BCUT2D eigenvalue weighted by Crippen LogP contribution is 2.24. The Bertz CT molecular complexity index is 567. The van der Waals surface area contributed by atoms with E-state index in [1.54, 1.807) is 32.4 Å². The van der Waals surface area contributed by atoms with Crippen molar-refractivity contribution in [3.8, 4) is 17.6 Å². The van der Waals surface area contributed by atoms with E-state index < -0.39 is 0 Å². The van der Waals surface area contributed by atoms with Crippen molar-refractivity contribution >= 4 is 5.91 Å². The summed E-state index contributed by atoms with van der Waals surface area (Å²) < 4.78 is 10.4. The number of amides is 1. The number of carbonyl (C=O) groups is 1. The van der Waals surface area contributed by atoms with E-state index >= 15 is 0 Å². The van der Waals surface area contributed by atoms with Crippen LogP contribution in [0.1, 0.15) is 28.8 Å². The Hall–Kier alpha value is -2.03. The van der Waals surface area contributed by atoms with Gasteiger partial charge in [0, 0.05) is 18.7 Å². The van der Waals surface area contributed by atoms with Gasteiger partial charge in [-0.05, 0) is 31.0 Å². The summed E-state index contributed by atoms with van der Waals surface area (Å²) in [6.07, 6.45) is 1.93. The third-order valence-corrected chi connectivity index (χ3v) is 3.53. The van der Waals surface area contributed by atoms with Crippen LogP contribution in [0.2, 0.25) is 0 Å². The summed E-state index contributed by atoms with van der Waals surface area (Å²) in [6.45, 7) is -0.236. The van der Waals surface area contributed by atoms with Gasteiger partial charge in [0.2, 0.25) is 0 Å². The summed E-state index contributed by atoms with van der Waals surface area (Å²) in [5.41, 5.74) is 1.11. The number of hydrogen-bond donors (Lipinski definition) is 2. The summed E-state index contributed by atoms with van der Waals surface area (Å²) in [4.78, 5) is 12.2. The molecule has 0 bridgehead atoms. The molecule has 1 aromatic carbocycles. The maximum atomic E-state index is 12.2. The van der Waals surface area contributed by atoms with Gasteiger partial charge in [-0.3, -0.25) is 4.79 Å². The maximum Gasteiger partial charge on any atom is 0.251 e. The predicted octanol–water partition coefficient (Wildman–Crippen LogP) is 0.946. The molecule has 1 amide bonds. The van der Waals surface area contributed by atoms with Crippen molar-refractivity contribution in [2.45, 2.75) is 25.0 Å². The van der Waals surface area contributed by atoms with Crippen LogP contribution in [0, 0.1) is 11.8 Å². The van der Waals surface area contributed by atoms with Crippen LogP contribution in [-0.2, 0) is 4.74 Å². The lowest BCUT2D eigenvalue weighted by molar-refractivity contribution is 0.0176. The Morgan fingerprint density at radius 1 is 1.43 bits per heavy atom. The first-order valence-corrected chi connectivity index (χ1v) is 6.79. The fraction of sp³-hybridized carbons (Fsp3) is 0.438. The molecule has 5 nitrogen and oxygen atoms in total. The molecule has 1 aliphatic rings. The van der Waals surface area contributed by atoms with E-state index in [-0.39, 0.29) is 24.7 Å². The number of aliphatic hydroxyl groups excluding tert-OH is 1. The van der Waals surface area contributed by atoms with Gasteiger partial charge in [0.25, 0.3) is 5.91 Å². The minimum Gasteiger partial charge on any atom is -0.495 e. The zero-order valence-electron chi connectivity index (χ0n) is 12.2. The number of carbonyl (C=O) groups excluding carboxylic acids is 1. The predicted molar refractivity (Wildman–Crippen MR) is 78.2 cm³/mol. The molecule has 0 atom stereocenters. The van der Waals surface area contributed by atoms with Gasteiger partial charge in [0.05, 0.1) is 18.8 Å². The summed E-state index contributed by atoms with van der Waals surface area (Å²) in [7, 11) is 3.22. The molecule has 0 aliphatic heterocycles. The Morgan fingerprint density at radius 2 is 2.19 bits per heavy atom. The van der Waals surface area contributed by atoms with Gasteiger partial charge < -0.3 is 19.9 Å². The van der Waals surface area contributed by atoms with Crippen molar-refractivity contribution in [1.82, 2.24) is 5.32 Å². The summed E-state index contributed by atoms with van der Waals surface area (Å²) in [5.74, 6) is 5.79. The molecule has 0 radical (unpaired) electrons. The third kappa shape index (κ3) is 3.75. The number of ether oxygens (including phenoxy) is 2. The smallest absolute Gasteiger partial charge is 0.251 e. The SMILES string of the molecule is COc1ccc(C(=O)NC2CC(OC)C2)cc1C#CCO. The maximum absolute atomic E-state index is 12.2. The lowest BCUT2D eigenvalue weighted by Crippen LogP contribution is -2.47. The lowest BCUT2D eigenvalue weighted by atomic mass is 9.89. The molecule has 2 rings (SSSR count). The summed E-state index contributed by atoms with van der Waals surface area (Å²) in [5, 5.41) is 11.7. The Morgan fingerprint density at radius 3 is 2.81 bits per heavy atom. The Balaban J connectivity index is 2.07. The first-order chi connectivity index (χ1) is 10.2. The minimum absolute atomic E-state index is 0.135. The quantitative estimate of drug-likeness (QED) is 0.810. The highest BCUT2D eigenvalue weighted by molar-refractivity contribution is 5.95. The van der Waals surface area contributed by atoms with Crippen LogP contribution < -0.4 is 10.1 Å². The standard InChI is InChI=1S/C16H19NO4/c1-20-14-9-13(10-14)17-16(19)12-5-6-15(21-2)11(8-12)4-3-7-18/h5-6,8,13-14,18H,7,9-10H2,1-2H3,(H,17,19). The van der Waals surface area contributed by atoms with Crippen LogP contribution in [0.5, 0.6) is 5.75 Å². The van der Waals surface area contributed by atoms with Crippen molar-refractivity contribution in [2.75, 3.05) is 20.8 Å². The molecule has 21 heavy (non-hydrogen) atoms. The van der Waals surface area contributed by atoms with Crippen LogP contribution >= 0.6 is 0 Å². The third-order valence-electron chi connectivity index (χ3n) is 3.53. The normalized spacial score (nSPS) is 20.0. The van der Waals surface area contributed by atoms with Crippen molar-refractivity contribution in [3.63, 3.8) is 0 Å². The van der Waals surface area contributed by atoms with Crippen molar-refractivity contribution in [3.05, 3.63) is 29.3 Å². The van der Waals surface area contributed by atoms with Gasteiger partial charge in [0.15, 0.2) is 0 Å². The first-order valence-electron chi connectivity index (χ1n) is 6.79. The molecular formula is C16H19NO4. The molecule has 1 saturated carbocycles. The molecule has 0 saturated heterocycles. The van der Waals surface area contributed by atoms with Crippen LogP contribution in [0.15, 0.2) is 18.2 Å². The monoisotopic (exact) mass is 289 g/mol. The number of methoxy groups -OCH3 is 2. The molecule has 0 spiro atoms. The van der Waals surface area contributed by atoms with E-state index in [0.29, 0.717) is 16.9 Å². The molecule has 2 N–H and O–H groups in total. The van der Waals surface area contributed by atoms with E-state index in [1.165, 1.54) is 0 Å². The second-order valence-electron chi connectivity index (χ2n) is 4.87. The highest BCUT2D eigenvalue weighted by atomic mass is 16.5. The van der Waals surface area contributed by atoms with Crippen LogP contribution in [-0.4, -0.2) is 44.0 Å². The van der Waals surface area contributed by atoms with E-state index in [9.17, 15) is 4.79 Å². The zero-order chi connectivity index (χ0) is 15.2. The van der Waals surface area contributed by atoms with E-state index in [2.05, 4.69) is 17.2 Å². The zero-order valence-corrected chi connectivity index (χ0v) is 12.2. The number of rotatable bonds is 4. The van der Waals surface area contributed by atoms with E-state index in [1.807, 2.05) is 0 Å². The molecule has 1 fully saturated rings. The van der Waals surface area contributed by atoms with Gasteiger partial charge >= 0.3 is 0 Å². The van der Waals surface area contributed by atoms with Crippen molar-refractivity contribution in [2.24, 2.45) is 0 Å². The molecule has 0 heterocycles. The molecule has 5 heteroatoms. The average molecular weight is 289 g/mol. The van der Waals surface area contributed by atoms with Gasteiger partial charge in [0.1, 0.15) is 12.4 Å². The summed E-state index contributed by atoms with van der Waals surface area (Å²) >= 11 is 0. The molecule has 1 aromatic rings. The van der Waals surface area contributed by atoms with Crippen LogP contribution in [0.3, 0.4) is 0 Å². The van der Waals surface area contributed by atoms with Crippen LogP contribution in [0.25, 0.3) is 0 Å². The van der Waals surface area contributed by atoms with Gasteiger partial charge in [-0.1, -0.05) is 11.8 Å². The fourth-order valence-corrected chi connectivity index (χ4v) is 2.23. The second-order valence-corrected chi connectivity index (χ2v) is 4.87. The summed E-state index contributed by atoms with van der Waals surface area (Å²) in [6, 6.07) is 5.24. The largest absolute Gasteiger partial charge is 0.495 e. The molecule has 0 aromatic heterocycles. The fourth-order valence-electron chi connectivity index (χ4n) is 2.23. The Labute approximate surface area is 124 Å². The number of aliphatic hydroxyl groups is 1. The van der Waals surface area contributed by atoms with Gasteiger partial charge in [-0.2, -0.15) is 0 Å². The highest BCUT2D eigenvalue weighted by Gasteiger charge is 2.30. The molecular weight excluding hydrogens is 270 g/mol.